The molecule has 5 heteroatoms. The molecule has 1 aromatic heterocycles. The van der Waals surface area contributed by atoms with Crippen LogP contribution in [-0.2, 0) is 6.54 Å². The molecule has 1 aromatic carbocycles. The molecule has 0 spiro atoms. The first kappa shape index (κ1) is 14.2. The van der Waals surface area contributed by atoms with Crippen LogP contribution < -0.4 is 14.8 Å². The quantitative estimate of drug-likeness (QED) is 0.880. The molecule has 0 atom stereocenters. The van der Waals surface area contributed by atoms with Crippen LogP contribution in [0.25, 0.3) is 0 Å². The molecule has 2 rings (SSSR count). The average molecular weight is 275 g/mol. The molecule has 0 aliphatic carbocycles. The van der Waals surface area contributed by atoms with Crippen molar-refractivity contribution in [3.05, 3.63) is 36.2 Å². The minimum absolute atomic E-state index is 0.370. The fraction of sp³-hybridized carbons (Fsp3) is 0.400. The number of hydrogen-bond donors (Lipinski definition) is 1. The Morgan fingerprint density at radius 2 is 2.05 bits per heavy atom. The van der Waals surface area contributed by atoms with Gasteiger partial charge in [0.25, 0.3) is 0 Å². The number of nitrogens with zero attached hydrogens (tertiary/aromatic N) is 2. The highest BCUT2D eigenvalue weighted by molar-refractivity contribution is 5.59. The normalized spacial score (nSPS) is 10.7. The van der Waals surface area contributed by atoms with Crippen LogP contribution in [0.3, 0.4) is 0 Å². The zero-order valence-electron chi connectivity index (χ0n) is 12.4. The summed E-state index contributed by atoms with van der Waals surface area (Å²) in [4.78, 5) is 0. The summed E-state index contributed by atoms with van der Waals surface area (Å²) < 4.78 is 12.5. The molecule has 0 unspecified atom stereocenters. The van der Waals surface area contributed by atoms with Gasteiger partial charge in [-0.2, -0.15) is 5.10 Å². The lowest BCUT2D eigenvalue weighted by atomic mass is 10.2. The lowest BCUT2D eigenvalue weighted by Gasteiger charge is -2.12. The van der Waals surface area contributed by atoms with Crippen molar-refractivity contribution < 1.29 is 9.47 Å². The van der Waals surface area contributed by atoms with Crippen molar-refractivity contribution in [3.8, 4) is 11.5 Å². The van der Waals surface area contributed by atoms with Gasteiger partial charge in [-0.25, -0.2) is 0 Å². The third kappa shape index (κ3) is 3.23. The number of rotatable bonds is 6. The highest BCUT2D eigenvalue weighted by Crippen LogP contribution is 2.29. The van der Waals surface area contributed by atoms with E-state index in [2.05, 4.69) is 24.3 Å². The van der Waals surface area contributed by atoms with E-state index < -0.39 is 0 Å². The van der Waals surface area contributed by atoms with Crippen molar-refractivity contribution in [2.75, 3.05) is 19.5 Å². The summed E-state index contributed by atoms with van der Waals surface area (Å²) in [6, 6.07) is 6.06. The Balaban J connectivity index is 2.09. The lowest BCUT2D eigenvalue weighted by Crippen LogP contribution is -2.02. The van der Waals surface area contributed by atoms with Gasteiger partial charge in [0.2, 0.25) is 0 Å². The third-order valence-corrected chi connectivity index (χ3v) is 3.07. The van der Waals surface area contributed by atoms with E-state index in [0.717, 1.165) is 22.7 Å². The molecule has 0 radical (unpaired) electrons. The van der Waals surface area contributed by atoms with E-state index in [-0.39, 0.29) is 0 Å². The molecule has 0 saturated heterocycles. The summed E-state index contributed by atoms with van der Waals surface area (Å²) in [6.07, 6.45) is 3.92. The minimum atomic E-state index is 0.370. The maximum absolute atomic E-state index is 5.34. The molecule has 1 heterocycles. The van der Waals surface area contributed by atoms with Crippen molar-refractivity contribution in [1.29, 1.82) is 0 Å². The highest BCUT2D eigenvalue weighted by atomic mass is 16.5. The van der Waals surface area contributed by atoms with E-state index in [0.29, 0.717) is 12.6 Å². The topological polar surface area (TPSA) is 48.3 Å². The van der Waals surface area contributed by atoms with Gasteiger partial charge in [0.15, 0.2) is 0 Å². The molecule has 1 N–H and O–H groups in total. The van der Waals surface area contributed by atoms with Gasteiger partial charge in [-0.1, -0.05) is 0 Å². The number of methoxy groups -OCH3 is 2. The van der Waals surface area contributed by atoms with Crippen molar-refractivity contribution in [2.24, 2.45) is 0 Å². The van der Waals surface area contributed by atoms with Crippen LogP contribution in [-0.4, -0.2) is 24.0 Å². The summed E-state index contributed by atoms with van der Waals surface area (Å²) in [5.74, 6) is 1.59. The Kier molecular flexibility index (Phi) is 4.50. The molecule has 0 bridgehead atoms. The standard InChI is InChI=1S/C15H21N3O2/c1-11(2)18-10-12(9-17-18)8-16-14-7-13(19-3)5-6-15(14)20-4/h5-7,9-11,16H,8H2,1-4H3. The Morgan fingerprint density at radius 3 is 2.65 bits per heavy atom. The number of benzene rings is 1. The molecule has 0 fully saturated rings. The summed E-state index contributed by atoms with van der Waals surface area (Å²) in [5, 5.41) is 7.67. The van der Waals surface area contributed by atoms with Crippen molar-refractivity contribution in [2.45, 2.75) is 26.4 Å². The Bertz CT molecular complexity index is 564. The van der Waals surface area contributed by atoms with E-state index in [1.807, 2.05) is 35.3 Å². The summed E-state index contributed by atoms with van der Waals surface area (Å²) in [6.45, 7) is 4.90. The first-order chi connectivity index (χ1) is 9.63. The van der Waals surface area contributed by atoms with Gasteiger partial charge in [-0.3, -0.25) is 4.68 Å². The van der Waals surface area contributed by atoms with E-state index in [1.165, 1.54) is 0 Å². The Labute approximate surface area is 119 Å². The van der Waals surface area contributed by atoms with Gasteiger partial charge in [-0.05, 0) is 26.0 Å². The number of anilines is 1. The van der Waals surface area contributed by atoms with Gasteiger partial charge in [-0.15, -0.1) is 0 Å². The molecule has 0 aliphatic rings. The van der Waals surface area contributed by atoms with Crippen LogP contribution in [0, 0.1) is 0 Å². The van der Waals surface area contributed by atoms with Crippen LogP contribution in [0.4, 0.5) is 5.69 Å². The first-order valence-corrected chi connectivity index (χ1v) is 6.63. The number of nitrogens with one attached hydrogen (secondary N) is 1. The molecular formula is C15H21N3O2. The summed E-state index contributed by atoms with van der Waals surface area (Å²) in [5.41, 5.74) is 2.03. The zero-order chi connectivity index (χ0) is 14.5. The maximum atomic E-state index is 5.34. The van der Waals surface area contributed by atoms with Crippen LogP contribution in [0.5, 0.6) is 11.5 Å². The summed E-state index contributed by atoms with van der Waals surface area (Å²) >= 11 is 0. The van der Waals surface area contributed by atoms with Crippen molar-refractivity contribution in [3.63, 3.8) is 0 Å². The second-order valence-corrected chi connectivity index (χ2v) is 4.84. The molecular weight excluding hydrogens is 254 g/mol. The molecule has 2 aromatic rings. The average Bonchev–Trinajstić information content (AvgIpc) is 2.93. The second-order valence-electron chi connectivity index (χ2n) is 4.84. The predicted molar refractivity (Wildman–Crippen MR) is 79.5 cm³/mol. The Hall–Kier alpha value is -2.17. The molecule has 108 valence electrons. The predicted octanol–water partition coefficient (Wildman–Crippen LogP) is 3.09. The monoisotopic (exact) mass is 275 g/mol. The van der Waals surface area contributed by atoms with E-state index in [1.54, 1.807) is 14.2 Å². The van der Waals surface area contributed by atoms with Gasteiger partial charge < -0.3 is 14.8 Å². The van der Waals surface area contributed by atoms with Crippen LogP contribution in [0.15, 0.2) is 30.6 Å². The first-order valence-electron chi connectivity index (χ1n) is 6.63. The van der Waals surface area contributed by atoms with Gasteiger partial charge in [0, 0.05) is 30.4 Å². The highest BCUT2D eigenvalue weighted by Gasteiger charge is 2.06. The summed E-state index contributed by atoms with van der Waals surface area (Å²) in [7, 11) is 3.31. The van der Waals surface area contributed by atoms with Crippen molar-refractivity contribution >= 4 is 5.69 Å². The molecule has 5 nitrogen and oxygen atoms in total. The van der Waals surface area contributed by atoms with Crippen LogP contribution in [0.1, 0.15) is 25.5 Å². The van der Waals surface area contributed by atoms with Gasteiger partial charge in [0.05, 0.1) is 26.1 Å². The number of aromatic nitrogens is 2. The number of hydrogen-bond acceptors (Lipinski definition) is 4. The zero-order valence-corrected chi connectivity index (χ0v) is 12.4. The third-order valence-electron chi connectivity index (χ3n) is 3.07. The largest absolute Gasteiger partial charge is 0.497 e. The SMILES string of the molecule is COc1ccc(OC)c(NCc2cnn(C(C)C)c2)c1. The van der Waals surface area contributed by atoms with Crippen LogP contribution >= 0.6 is 0 Å². The fourth-order valence-corrected chi connectivity index (χ4v) is 1.90. The minimum Gasteiger partial charge on any atom is -0.497 e. The van der Waals surface area contributed by atoms with Gasteiger partial charge in [0.1, 0.15) is 11.5 Å². The maximum Gasteiger partial charge on any atom is 0.142 e. The Morgan fingerprint density at radius 1 is 1.25 bits per heavy atom. The van der Waals surface area contributed by atoms with E-state index in [9.17, 15) is 0 Å². The molecule has 0 saturated carbocycles. The number of ether oxygens (including phenoxy) is 2. The molecule has 20 heavy (non-hydrogen) atoms. The van der Waals surface area contributed by atoms with Gasteiger partial charge >= 0.3 is 0 Å². The van der Waals surface area contributed by atoms with Crippen LogP contribution in [0.2, 0.25) is 0 Å². The molecule has 0 amide bonds. The molecule has 0 aliphatic heterocycles. The van der Waals surface area contributed by atoms with E-state index in [4.69, 9.17) is 9.47 Å². The lowest BCUT2D eigenvalue weighted by molar-refractivity contribution is 0.404. The van der Waals surface area contributed by atoms with Crippen molar-refractivity contribution in [1.82, 2.24) is 9.78 Å². The fourth-order valence-electron chi connectivity index (χ4n) is 1.90. The second kappa shape index (κ2) is 6.32. The van der Waals surface area contributed by atoms with E-state index >= 15 is 0 Å². The smallest absolute Gasteiger partial charge is 0.142 e.